The predicted octanol–water partition coefficient (Wildman–Crippen LogP) is 2.48. The number of benzene rings is 2. The number of carbonyl (C=O) groups excluding carboxylic acids is 2. The van der Waals surface area contributed by atoms with Crippen molar-refractivity contribution in [2.24, 2.45) is 0 Å². The van der Waals surface area contributed by atoms with Gasteiger partial charge in [0.2, 0.25) is 11.6 Å². The van der Waals surface area contributed by atoms with E-state index in [9.17, 15) is 14.7 Å². The number of rotatable bonds is 5. The molecule has 0 amide bonds. The first-order valence-electron chi connectivity index (χ1n) is 6.17. The van der Waals surface area contributed by atoms with Gasteiger partial charge in [0.15, 0.2) is 11.5 Å². The van der Waals surface area contributed by atoms with E-state index < -0.39 is 11.6 Å². The average Bonchev–Trinajstić information content (AvgIpc) is 2.53. The van der Waals surface area contributed by atoms with Crippen molar-refractivity contribution in [2.45, 2.75) is 0 Å². The fraction of sp³-hybridized carbons (Fsp3) is 0.125. The summed E-state index contributed by atoms with van der Waals surface area (Å²) < 4.78 is 10.2. The van der Waals surface area contributed by atoms with E-state index in [4.69, 9.17) is 9.47 Å². The van der Waals surface area contributed by atoms with Crippen molar-refractivity contribution in [3.8, 4) is 17.2 Å². The molecule has 2 aromatic carbocycles. The molecule has 0 unspecified atom stereocenters. The number of methoxy groups -OCH3 is 2. The molecule has 0 atom stereocenters. The molecule has 21 heavy (non-hydrogen) atoms. The van der Waals surface area contributed by atoms with Crippen LogP contribution in [-0.2, 0) is 0 Å². The molecule has 0 saturated carbocycles. The third-order valence-corrected chi connectivity index (χ3v) is 2.98. The highest BCUT2D eigenvalue weighted by atomic mass is 16.5. The summed E-state index contributed by atoms with van der Waals surface area (Å²) in [5.41, 5.74) is 0.429. The Balaban J connectivity index is 2.31. The molecule has 0 fully saturated rings. The molecule has 5 heteroatoms. The highest BCUT2D eigenvalue weighted by Crippen LogP contribution is 2.28. The maximum absolute atomic E-state index is 12.2. The topological polar surface area (TPSA) is 72.8 Å². The van der Waals surface area contributed by atoms with Crippen LogP contribution in [0.25, 0.3) is 0 Å². The maximum atomic E-state index is 12.2. The summed E-state index contributed by atoms with van der Waals surface area (Å²) in [7, 11) is 2.94. The van der Waals surface area contributed by atoms with Gasteiger partial charge in [-0.1, -0.05) is 0 Å². The molecule has 0 heterocycles. The quantitative estimate of drug-likeness (QED) is 0.675. The Kier molecular flexibility index (Phi) is 4.23. The van der Waals surface area contributed by atoms with E-state index in [1.807, 2.05) is 0 Å². The molecule has 0 aromatic heterocycles. The van der Waals surface area contributed by atoms with Crippen LogP contribution >= 0.6 is 0 Å². The fourth-order valence-electron chi connectivity index (χ4n) is 1.85. The van der Waals surface area contributed by atoms with Crippen molar-refractivity contribution in [1.29, 1.82) is 0 Å². The number of hydrogen-bond acceptors (Lipinski definition) is 5. The van der Waals surface area contributed by atoms with Crippen LogP contribution in [0.2, 0.25) is 0 Å². The average molecular weight is 286 g/mol. The van der Waals surface area contributed by atoms with Gasteiger partial charge in [0.1, 0.15) is 5.75 Å². The highest BCUT2D eigenvalue weighted by molar-refractivity contribution is 6.49. The van der Waals surface area contributed by atoms with Crippen LogP contribution in [-0.4, -0.2) is 30.9 Å². The molecule has 0 aliphatic heterocycles. The summed E-state index contributed by atoms with van der Waals surface area (Å²) >= 11 is 0. The number of hydrogen-bond donors (Lipinski definition) is 1. The lowest BCUT2D eigenvalue weighted by Gasteiger charge is -2.08. The molecule has 0 saturated heterocycles. The first-order valence-corrected chi connectivity index (χ1v) is 6.17. The molecular weight excluding hydrogens is 272 g/mol. The second-order valence-corrected chi connectivity index (χ2v) is 4.27. The minimum absolute atomic E-state index is 0.0325. The van der Waals surface area contributed by atoms with E-state index in [0.29, 0.717) is 11.5 Å². The van der Waals surface area contributed by atoms with Crippen LogP contribution in [0.5, 0.6) is 17.2 Å². The molecule has 0 radical (unpaired) electrons. The van der Waals surface area contributed by atoms with Gasteiger partial charge in [-0.15, -0.1) is 0 Å². The Morgan fingerprint density at radius 3 is 1.90 bits per heavy atom. The van der Waals surface area contributed by atoms with Gasteiger partial charge in [0, 0.05) is 11.1 Å². The standard InChI is InChI=1S/C16H14O5/c1-20-13-8-5-11(9-14(13)21-2)16(19)15(18)10-3-6-12(17)7-4-10/h3-9,17H,1-2H3. The molecule has 1 N–H and O–H groups in total. The lowest BCUT2D eigenvalue weighted by molar-refractivity contribution is 0.0816. The predicted molar refractivity (Wildman–Crippen MR) is 76.3 cm³/mol. The molecule has 0 aliphatic carbocycles. The summed E-state index contributed by atoms with van der Waals surface area (Å²) in [5, 5.41) is 9.19. The number of phenolic OH excluding ortho intramolecular Hbond substituents is 1. The maximum Gasteiger partial charge on any atom is 0.233 e. The van der Waals surface area contributed by atoms with E-state index in [0.717, 1.165) is 0 Å². The van der Waals surface area contributed by atoms with Gasteiger partial charge in [0.25, 0.3) is 0 Å². The molecule has 108 valence electrons. The van der Waals surface area contributed by atoms with E-state index in [1.165, 1.54) is 50.6 Å². The monoisotopic (exact) mass is 286 g/mol. The summed E-state index contributed by atoms with van der Waals surface area (Å²) in [5.74, 6) is -0.415. The van der Waals surface area contributed by atoms with E-state index in [2.05, 4.69) is 0 Å². The third-order valence-electron chi connectivity index (χ3n) is 2.98. The lowest BCUT2D eigenvalue weighted by atomic mass is 10.0. The molecule has 0 bridgehead atoms. The van der Waals surface area contributed by atoms with Crippen LogP contribution < -0.4 is 9.47 Å². The molecule has 2 aromatic rings. The third kappa shape index (κ3) is 3.02. The van der Waals surface area contributed by atoms with Gasteiger partial charge < -0.3 is 14.6 Å². The Labute approximate surface area is 121 Å². The van der Waals surface area contributed by atoms with Gasteiger partial charge in [-0.3, -0.25) is 9.59 Å². The zero-order valence-electron chi connectivity index (χ0n) is 11.6. The van der Waals surface area contributed by atoms with Gasteiger partial charge >= 0.3 is 0 Å². The minimum Gasteiger partial charge on any atom is -0.508 e. The highest BCUT2D eigenvalue weighted by Gasteiger charge is 2.19. The smallest absolute Gasteiger partial charge is 0.233 e. The first-order chi connectivity index (χ1) is 10.1. The number of ether oxygens (including phenoxy) is 2. The van der Waals surface area contributed by atoms with Crippen molar-refractivity contribution < 1.29 is 24.2 Å². The van der Waals surface area contributed by atoms with Gasteiger partial charge in [0.05, 0.1) is 14.2 Å². The molecule has 0 spiro atoms. The van der Waals surface area contributed by atoms with Gasteiger partial charge in [-0.05, 0) is 42.5 Å². The molecular formula is C16H14O5. The molecule has 2 rings (SSSR count). The van der Waals surface area contributed by atoms with Gasteiger partial charge in [-0.2, -0.15) is 0 Å². The van der Waals surface area contributed by atoms with Crippen molar-refractivity contribution in [3.05, 3.63) is 53.6 Å². The van der Waals surface area contributed by atoms with Crippen molar-refractivity contribution in [3.63, 3.8) is 0 Å². The lowest BCUT2D eigenvalue weighted by Crippen LogP contribution is -2.14. The number of aromatic hydroxyl groups is 1. The minimum atomic E-state index is -0.651. The zero-order valence-corrected chi connectivity index (χ0v) is 11.6. The van der Waals surface area contributed by atoms with Crippen LogP contribution in [0.4, 0.5) is 0 Å². The van der Waals surface area contributed by atoms with Gasteiger partial charge in [-0.25, -0.2) is 0 Å². The van der Waals surface area contributed by atoms with Crippen molar-refractivity contribution >= 4 is 11.6 Å². The number of phenols is 1. The summed E-state index contributed by atoms with van der Waals surface area (Å²) in [6.07, 6.45) is 0. The van der Waals surface area contributed by atoms with Crippen LogP contribution in [0.3, 0.4) is 0 Å². The number of carbonyl (C=O) groups is 2. The number of ketones is 2. The first kappa shape index (κ1) is 14.6. The Morgan fingerprint density at radius 1 is 0.810 bits per heavy atom. The largest absolute Gasteiger partial charge is 0.508 e. The van der Waals surface area contributed by atoms with E-state index >= 15 is 0 Å². The summed E-state index contributed by atoms with van der Waals surface area (Å²) in [4.78, 5) is 24.3. The normalized spacial score (nSPS) is 10.0. The van der Waals surface area contributed by atoms with E-state index in [-0.39, 0.29) is 16.9 Å². The van der Waals surface area contributed by atoms with Crippen molar-refractivity contribution in [1.82, 2.24) is 0 Å². The zero-order chi connectivity index (χ0) is 15.4. The Bertz CT molecular complexity index is 674. The van der Waals surface area contributed by atoms with Crippen molar-refractivity contribution in [2.75, 3.05) is 14.2 Å². The Morgan fingerprint density at radius 2 is 1.33 bits per heavy atom. The summed E-state index contributed by atoms with van der Waals surface area (Å²) in [6, 6.07) is 10.0. The second kappa shape index (κ2) is 6.09. The molecule has 5 nitrogen and oxygen atoms in total. The Hall–Kier alpha value is -2.82. The second-order valence-electron chi connectivity index (χ2n) is 4.27. The molecule has 0 aliphatic rings. The van der Waals surface area contributed by atoms with Crippen LogP contribution in [0.1, 0.15) is 20.7 Å². The SMILES string of the molecule is COc1ccc(C(=O)C(=O)c2ccc(O)cc2)cc1OC. The summed E-state index contributed by atoms with van der Waals surface area (Å²) in [6.45, 7) is 0. The fourth-order valence-corrected chi connectivity index (χ4v) is 1.85. The number of Topliss-reactive ketones (excluding diaryl/α,β-unsaturated/α-hetero) is 2. The van der Waals surface area contributed by atoms with Crippen LogP contribution in [0, 0.1) is 0 Å². The van der Waals surface area contributed by atoms with Crippen LogP contribution in [0.15, 0.2) is 42.5 Å². The van der Waals surface area contributed by atoms with E-state index in [1.54, 1.807) is 6.07 Å².